The van der Waals surface area contributed by atoms with Crippen molar-refractivity contribution in [3.05, 3.63) is 46.7 Å². The van der Waals surface area contributed by atoms with E-state index in [2.05, 4.69) is 51.7 Å². The number of hydrogen-bond donors (Lipinski definition) is 1. The van der Waals surface area contributed by atoms with Crippen LogP contribution in [0.4, 0.5) is 0 Å². The SMILES string of the molecule is C=C1C(C)(C)C(NC2=CCC(Cl)=C(CC#N)C=C2)C1(C)C. The maximum Gasteiger partial charge on any atom is 0.0670 e. The molecule has 3 heteroatoms. The van der Waals surface area contributed by atoms with Crippen LogP contribution in [0.1, 0.15) is 40.5 Å². The second-order valence-corrected chi connectivity index (χ2v) is 7.42. The van der Waals surface area contributed by atoms with Gasteiger partial charge in [-0.1, -0.05) is 63.6 Å². The van der Waals surface area contributed by atoms with E-state index in [4.69, 9.17) is 16.9 Å². The fourth-order valence-corrected chi connectivity index (χ4v) is 3.76. The van der Waals surface area contributed by atoms with Crippen LogP contribution < -0.4 is 5.32 Å². The van der Waals surface area contributed by atoms with Crippen molar-refractivity contribution in [2.75, 3.05) is 0 Å². The molecule has 0 aromatic heterocycles. The summed E-state index contributed by atoms with van der Waals surface area (Å²) in [6.07, 6.45) is 7.09. The van der Waals surface area contributed by atoms with Crippen LogP contribution >= 0.6 is 11.6 Å². The summed E-state index contributed by atoms with van der Waals surface area (Å²) >= 11 is 6.24. The molecule has 2 aliphatic carbocycles. The molecule has 0 bridgehead atoms. The van der Waals surface area contributed by atoms with Crippen LogP contribution in [0.3, 0.4) is 0 Å². The Morgan fingerprint density at radius 3 is 2.52 bits per heavy atom. The average molecular weight is 303 g/mol. The zero-order valence-electron chi connectivity index (χ0n) is 13.3. The van der Waals surface area contributed by atoms with Gasteiger partial charge in [-0.2, -0.15) is 5.26 Å². The lowest BCUT2D eigenvalue weighted by Gasteiger charge is -2.60. The number of hydrogen-bond acceptors (Lipinski definition) is 2. The molecule has 0 heterocycles. The topological polar surface area (TPSA) is 35.8 Å². The highest BCUT2D eigenvalue weighted by atomic mass is 35.5. The molecular formula is C18H23ClN2. The molecule has 0 aliphatic heterocycles. The first-order valence-corrected chi connectivity index (χ1v) is 7.68. The van der Waals surface area contributed by atoms with E-state index in [9.17, 15) is 0 Å². The first kappa shape index (κ1) is 15.9. The summed E-state index contributed by atoms with van der Waals surface area (Å²) < 4.78 is 0. The van der Waals surface area contributed by atoms with E-state index in [-0.39, 0.29) is 10.8 Å². The zero-order chi connectivity index (χ0) is 15.8. The van der Waals surface area contributed by atoms with Crippen molar-refractivity contribution >= 4 is 11.6 Å². The summed E-state index contributed by atoms with van der Waals surface area (Å²) in [5.74, 6) is 0. The minimum absolute atomic E-state index is 0.0805. The third kappa shape index (κ3) is 2.68. The highest BCUT2D eigenvalue weighted by Crippen LogP contribution is 2.57. The summed E-state index contributed by atoms with van der Waals surface area (Å²) in [6.45, 7) is 13.1. The van der Waals surface area contributed by atoms with Gasteiger partial charge in [-0.15, -0.1) is 0 Å². The lowest BCUT2D eigenvalue weighted by Crippen LogP contribution is -2.63. The molecule has 1 saturated carbocycles. The van der Waals surface area contributed by atoms with Crippen molar-refractivity contribution in [3.8, 4) is 6.07 Å². The molecule has 0 aromatic rings. The van der Waals surface area contributed by atoms with Gasteiger partial charge >= 0.3 is 0 Å². The van der Waals surface area contributed by atoms with Crippen LogP contribution in [0.2, 0.25) is 0 Å². The zero-order valence-corrected chi connectivity index (χ0v) is 14.0. The van der Waals surface area contributed by atoms with Crippen LogP contribution in [-0.4, -0.2) is 6.04 Å². The molecule has 0 atom stereocenters. The normalized spacial score (nSPS) is 24.0. The van der Waals surface area contributed by atoms with Gasteiger partial charge in [0.25, 0.3) is 0 Å². The summed E-state index contributed by atoms with van der Waals surface area (Å²) in [5, 5.41) is 13.2. The molecule has 2 rings (SSSR count). The van der Waals surface area contributed by atoms with Crippen molar-refractivity contribution in [1.82, 2.24) is 5.32 Å². The standard InChI is InChI=1S/C18H23ClN2/c1-12-17(2,3)16(18(12,4)5)21-14-7-6-13(10-11-20)15(19)9-8-14/h6-8,16,21H,1,9-10H2,2-5H3. The molecular weight excluding hydrogens is 280 g/mol. The molecule has 2 nitrogen and oxygen atoms in total. The molecule has 1 fully saturated rings. The van der Waals surface area contributed by atoms with E-state index < -0.39 is 0 Å². The summed E-state index contributed by atoms with van der Waals surface area (Å²) in [4.78, 5) is 0. The van der Waals surface area contributed by atoms with Crippen LogP contribution in [-0.2, 0) is 0 Å². The van der Waals surface area contributed by atoms with Crippen LogP contribution in [0, 0.1) is 22.2 Å². The van der Waals surface area contributed by atoms with Crippen molar-refractivity contribution in [2.45, 2.75) is 46.6 Å². The monoisotopic (exact) mass is 302 g/mol. The van der Waals surface area contributed by atoms with Gasteiger partial charge in [0.2, 0.25) is 0 Å². The summed E-state index contributed by atoms with van der Waals surface area (Å²) in [7, 11) is 0. The van der Waals surface area contributed by atoms with Crippen LogP contribution in [0.15, 0.2) is 46.7 Å². The van der Waals surface area contributed by atoms with Crippen molar-refractivity contribution in [3.63, 3.8) is 0 Å². The van der Waals surface area contributed by atoms with Crippen LogP contribution in [0.25, 0.3) is 0 Å². The lowest BCUT2D eigenvalue weighted by molar-refractivity contribution is 0.0622. The second kappa shape index (κ2) is 5.39. The van der Waals surface area contributed by atoms with Crippen molar-refractivity contribution in [2.24, 2.45) is 10.8 Å². The average Bonchev–Trinajstić information content (AvgIpc) is 2.59. The van der Waals surface area contributed by atoms with E-state index in [1.807, 2.05) is 12.2 Å². The Morgan fingerprint density at radius 1 is 1.33 bits per heavy atom. The molecule has 0 spiro atoms. The van der Waals surface area contributed by atoms with Gasteiger partial charge in [0.1, 0.15) is 0 Å². The van der Waals surface area contributed by atoms with E-state index in [0.717, 1.165) is 16.3 Å². The van der Waals surface area contributed by atoms with Gasteiger partial charge < -0.3 is 5.32 Å². The fraction of sp³-hybridized carbons (Fsp3) is 0.500. The quantitative estimate of drug-likeness (QED) is 0.759. The number of nitrogens with one attached hydrogen (secondary N) is 1. The van der Waals surface area contributed by atoms with E-state index in [0.29, 0.717) is 18.9 Å². The maximum absolute atomic E-state index is 8.83. The van der Waals surface area contributed by atoms with Gasteiger partial charge in [0.15, 0.2) is 0 Å². The number of halogens is 1. The Balaban J connectivity index is 2.15. The van der Waals surface area contributed by atoms with Crippen molar-refractivity contribution in [1.29, 1.82) is 5.26 Å². The highest BCUT2D eigenvalue weighted by Gasteiger charge is 2.56. The number of rotatable bonds is 3. The maximum atomic E-state index is 8.83. The Hall–Kier alpha value is -1.46. The molecule has 0 aromatic carbocycles. The highest BCUT2D eigenvalue weighted by molar-refractivity contribution is 6.30. The predicted molar refractivity (Wildman–Crippen MR) is 88.6 cm³/mol. The van der Waals surface area contributed by atoms with Gasteiger partial charge in [-0.3, -0.25) is 0 Å². The summed E-state index contributed by atoms with van der Waals surface area (Å²) in [5.41, 5.74) is 3.42. The molecule has 0 radical (unpaired) electrons. The van der Waals surface area contributed by atoms with Gasteiger partial charge in [-0.25, -0.2) is 0 Å². The molecule has 2 aliphatic rings. The predicted octanol–water partition coefficient (Wildman–Crippen LogP) is 4.82. The Morgan fingerprint density at radius 2 is 1.95 bits per heavy atom. The second-order valence-electron chi connectivity index (χ2n) is 6.96. The Kier molecular flexibility index (Phi) is 4.08. The Bertz CT molecular complexity index is 579. The van der Waals surface area contributed by atoms with Crippen LogP contribution in [0.5, 0.6) is 0 Å². The number of allylic oxidation sites excluding steroid dienone is 5. The molecule has 21 heavy (non-hydrogen) atoms. The van der Waals surface area contributed by atoms with E-state index in [1.54, 1.807) is 0 Å². The molecule has 1 N–H and O–H groups in total. The van der Waals surface area contributed by atoms with E-state index >= 15 is 0 Å². The number of nitriles is 1. The van der Waals surface area contributed by atoms with Gasteiger partial charge in [0, 0.05) is 34.0 Å². The smallest absolute Gasteiger partial charge is 0.0670 e. The van der Waals surface area contributed by atoms with Gasteiger partial charge in [-0.05, 0) is 11.6 Å². The van der Waals surface area contributed by atoms with Crippen molar-refractivity contribution < 1.29 is 0 Å². The largest absolute Gasteiger partial charge is 0.381 e. The summed E-state index contributed by atoms with van der Waals surface area (Å²) in [6, 6.07) is 2.49. The molecule has 0 unspecified atom stereocenters. The third-order valence-electron chi connectivity index (χ3n) is 4.89. The molecule has 0 saturated heterocycles. The Labute approximate surface area is 132 Å². The first-order valence-electron chi connectivity index (χ1n) is 7.30. The molecule has 112 valence electrons. The minimum atomic E-state index is 0.0805. The number of nitrogens with zero attached hydrogens (tertiary/aromatic N) is 1. The third-order valence-corrected chi connectivity index (χ3v) is 5.29. The fourth-order valence-electron chi connectivity index (χ4n) is 3.56. The molecule has 0 amide bonds. The van der Waals surface area contributed by atoms with Gasteiger partial charge in [0.05, 0.1) is 12.5 Å². The lowest BCUT2D eigenvalue weighted by atomic mass is 9.48. The minimum Gasteiger partial charge on any atom is -0.381 e. The van der Waals surface area contributed by atoms with E-state index in [1.165, 1.54) is 5.57 Å². The first-order chi connectivity index (χ1) is 9.71.